The molecular formula is C22H16N2O4. The second-order valence-corrected chi connectivity index (χ2v) is 6.20. The van der Waals surface area contributed by atoms with E-state index in [9.17, 15) is 9.59 Å². The van der Waals surface area contributed by atoms with E-state index in [-0.39, 0.29) is 22.9 Å². The minimum atomic E-state index is -0.666. The highest BCUT2D eigenvalue weighted by molar-refractivity contribution is 6.11. The summed E-state index contributed by atoms with van der Waals surface area (Å²) in [4.78, 5) is 25.1. The van der Waals surface area contributed by atoms with Crippen LogP contribution in [0.15, 0.2) is 83.7 Å². The normalized spacial score (nSPS) is 10.6. The maximum absolute atomic E-state index is 13.0. The first-order valence-electron chi connectivity index (χ1n) is 8.63. The van der Waals surface area contributed by atoms with Gasteiger partial charge in [-0.1, -0.05) is 29.8 Å². The van der Waals surface area contributed by atoms with Crippen LogP contribution in [0.25, 0.3) is 5.69 Å². The van der Waals surface area contributed by atoms with Crippen molar-refractivity contribution in [3.63, 3.8) is 0 Å². The summed E-state index contributed by atoms with van der Waals surface area (Å²) >= 11 is 0. The van der Waals surface area contributed by atoms with Crippen molar-refractivity contribution in [1.29, 1.82) is 0 Å². The Hall–Kier alpha value is -3.93. The van der Waals surface area contributed by atoms with E-state index in [0.29, 0.717) is 5.56 Å². The third-order valence-electron chi connectivity index (χ3n) is 4.20. The largest absolute Gasteiger partial charge is 0.457 e. The lowest BCUT2D eigenvalue weighted by molar-refractivity contribution is 0.0699. The predicted molar refractivity (Wildman–Crippen MR) is 102 cm³/mol. The molecule has 0 spiro atoms. The van der Waals surface area contributed by atoms with Gasteiger partial charge in [-0.2, -0.15) is 5.10 Å². The number of furan rings is 1. The van der Waals surface area contributed by atoms with Crippen LogP contribution in [0.5, 0.6) is 5.75 Å². The molecule has 28 heavy (non-hydrogen) atoms. The Labute approximate surface area is 161 Å². The Bertz CT molecular complexity index is 1130. The smallest absolute Gasteiger partial charge is 0.379 e. The molecule has 0 radical (unpaired) electrons. The van der Waals surface area contributed by atoms with E-state index >= 15 is 0 Å². The van der Waals surface area contributed by atoms with E-state index in [4.69, 9.17) is 9.15 Å². The van der Waals surface area contributed by atoms with Gasteiger partial charge in [-0.15, -0.1) is 0 Å². The first-order valence-corrected chi connectivity index (χ1v) is 8.63. The van der Waals surface area contributed by atoms with Crippen LogP contribution in [-0.2, 0) is 0 Å². The standard InChI is InChI=1S/C22H16N2O4/c1-15-8-10-17(11-9-15)24-14-16(13-23-24)21(25)18-5-2-3-6-19(18)28-22(26)20-7-4-12-27-20/h2-14H,1H3. The number of hydrogen-bond donors (Lipinski definition) is 0. The summed E-state index contributed by atoms with van der Waals surface area (Å²) in [6.07, 6.45) is 4.53. The molecule has 2 aromatic carbocycles. The van der Waals surface area contributed by atoms with Crippen molar-refractivity contribution >= 4 is 11.8 Å². The monoisotopic (exact) mass is 372 g/mol. The zero-order valence-corrected chi connectivity index (χ0v) is 15.0. The molecule has 138 valence electrons. The number of carbonyl (C=O) groups is 2. The summed E-state index contributed by atoms with van der Waals surface area (Å²) in [7, 11) is 0. The summed E-state index contributed by atoms with van der Waals surface area (Å²) in [5, 5.41) is 4.27. The van der Waals surface area contributed by atoms with Crippen LogP contribution in [0.1, 0.15) is 32.0 Å². The zero-order valence-electron chi connectivity index (χ0n) is 15.0. The summed E-state index contributed by atoms with van der Waals surface area (Å²) in [5.41, 5.74) is 2.65. The Kier molecular flexibility index (Phi) is 4.60. The van der Waals surface area contributed by atoms with Gasteiger partial charge in [0.15, 0.2) is 5.78 Å². The number of para-hydroxylation sites is 1. The Balaban J connectivity index is 1.60. The van der Waals surface area contributed by atoms with Gasteiger partial charge in [0, 0.05) is 6.20 Å². The summed E-state index contributed by atoms with van der Waals surface area (Å²) in [6, 6.07) is 17.5. The van der Waals surface area contributed by atoms with Crippen molar-refractivity contribution in [2.45, 2.75) is 6.92 Å². The average molecular weight is 372 g/mol. The molecular weight excluding hydrogens is 356 g/mol. The summed E-state index contributed by atoms with van der Waals surface area (Å²) in [6.45, 7) is 2.00. The average Bonchev–Trinajstić information content (AvgIpc) is 3.41. The summed E-state index contributed by atoms with van der Waals surface area (Å²) < 4.78 is 12.0. The van der Waals surface area contributed by atoms with Crippen molar-refractivity contribution in [3.05, 3.63) is 102 Å². The molecule has 0 aliphatic carbocycles. The molecule has 0 fully saturated rings. The molecule has 0 N–H and O–H groups in total. The van der Waals surface area contributed by atoms with E-state index in [0.717, 1.165) is 11.3 Å². The van der Waals surface area contributed by atoms with Crippen molar-refractivity contribution in [2.75, 3.05) is 0 Å². The number of aryl methyl sites for hydroxylation is 1. The quantitative estimate of drug-likeness (QED) is 0.298. The molecule has 4 rings (SSSR count). The topological polar surface area (TPSA) is 74.3 Å². The third-order valence-corrected chi connectivity index (χ3v) is 4.20. The zero-order chi connectivity index (χ0) is 19.5. The van der Waals surface area contributed by atoms with Gasteiger partial charge in [0.05, 0.1) is 29.3 Å². The Morgan fingerprint density at radius 1 is 1.00 bits per heavy atom. The Morgan fingerprint density at radius 2 is 1.79 bits per heavy atom. The van der Waals surface area contributed by atoms with Crippen molar-refractivity contribution in [2.24, 2.45) is 0 Å². The molecule has 4 aromatic rings. The van der Waals surface area contributed by atoms with E-state index < -0.39 is 5.97 Å². The van der Waals surface area contributed by atoms with E-state index in [1.807, 2.05) is 31.2 Å². The Morgan fingerprint density at radius 3 is 2.54 bits per heavy atom. The van der Waals surface area contributed by atoms with Crippen LogP contribution < -0.4 is 4.74 Å². The first kappa shape index (κ1) is 17.5. The number of esters is 1. The van der Waals surface area contributed by atoms with Crippen LogP contribution in [0.3, 0.4) is 0 Å². The number of carbonyl (C=O) groups excluding carboxylic acids is 2. The highest BCUT2D eigenvalue weighted by atomic mass is 16.5. The minimum absolute atomic E-state index is 0.0643. The lowest BCUT2D eigenvalue weighted by Crippen LogP contribution is -2.11. The molecule has 0 aliphatic rings. The molecule has 0 saturated carbocycles. The second-order valence-electron chi connectivity index (χ2n) is 6.20. The maximum Gasteiger partial charge on any atom is 0.379 e. The number of nitrogens with zero attached hydrogens (tertiary/aromatic N) is 2. The van der Waals surface area contributed by atoms with Gasteiger partial charge in [-0.05, 0) is 43.3 Å². The molecule has 2 aromatic heterocycles. The molecule has 6 nitrogen and oxygen atoms in total. The van der Waals surface area contributed by atoms with Gasteiger partial charge in [0.25, 0.3) is 0 Å². The lowest BCUT2D eigenvalue weighted by atomic mass is 10.1. The number of aromatic nitrogens is 2. The molecule has 0 atom stereocenters. The van der Waals surface area contributed by atoms with Crippen molar-refractivity contribution in [1.82, 2.24) is 9.78 Å². The van der Waals surface area contributed by atoms with Crippen LogP contribution in [0.4, 0.5) is 0 Å². The van der Waals surface area contributed by atoms with Gasteiger partial charge >= 0.3 is 5.97 Å². The second kappa shape index (κ2) is 7.36. The van der Waals surface area contributed by atoms with Crippen molar-refractivity contribution < 1.29 is 18.7 Å². The van der Waals surface area contributed by atoms with Gasteiger partial charge in [0.2, 0.25) is 5.76 Å². The highest BCUT2D eigenvalue weighted by Crippen LogP contribution is 2.23. The fraction of sp³-hybridized carbons (Fsp3) is 0.0455. The van der Waals surface area contributed by atoms with Gasteiger partial charge in [-0.3, -0.25) is 4.79 Å². The SMILES string of the molecule is Cc1ccc(-n2cc(C(=O)c3ccccc3OC(=O)c3ccco3)cn2)cc1. The van der Waals surface area contributed by atoms with Gasteiger partial charge < -0.3 is 9.15 Å². The van der Waals surface area contributed by atoms with Gasteiger partial charge in [0.1, 0.15) is 5.75 Å². The van der Waals surface area contributed by atoms with Crippen LogP contribution in [0, 0.1) is 6.92 Å². The fourth-order valence-corrected chi connectivity index (χ4v) is 2.72. The van der Waals surface area contributed by atoms with E-state index in [1.54, 1.807) is 41.2 Å². The van der Waals surface area contributed by atoms with Gasteiger partial charge in [-0.25, -0.2) is 9.48 Å². The maximum atomic E-state index is 13.0. The number of rotatable bonds is 5. The number of benzene rings is 2. The van der Waals surface area contributed by atoms with E-state index in [2.05, 4.69) is 5.10 Å². The lowest BCUT2D eigenvalue weighted by Gasteiger charge is -2.07. The molecule has 0 aliphatic heterocycles. The predicted octanol–water partition coefficient (Wildman–Crippen LogP) is 4.22. The number of hydrogen-bond acceptors (Lipinski definition) is 5. The molecule has 6 heteroatoms. The highest BCUT2D eigenvalue weighted by Gasteiger charge is 2.20. The minimum Gasteiger partial charge on any atom is -0.457 e. The molecule has 0 bridgehead atoms. The molecule has 0 amide bonds. The van der Waals surface area contributed by atoms with Crippen LogP contribution in [-0.4, -0.2) is 21.5 Å². The molecule has 0 unspecified atom stereocenters. The summed E-state index contributed by atoms with van der Waals surface area (Å²) in [5.74, 6) is -0.728. The third kappa shape index (κ3) is 3.48. The van der Waals surface area contributed by atoms with Crippen molar-refractivity contribution in [3.8, 4) is 11.4 Å². The number of ether oxygens (including phenoxy) is 1. The number of ketones is 1. The first-order chi connectivity index (χ1) is 13.6. The van der Waals surface area contributed by atoms with Crippen LogP contribution in [0.2, 0.25) is 0 Å². The fourth-order valence-electron chi connectivity index (χ4n) is 2.72. The van der Waals surface area contributed by atoms with Crippen LogP contribution >= 0.6 is 0 Å². The van der Waals surface area contributed by atoms with E-state index in [1.165, 1.54) is 18.5 Å². The molecule has 0 saturated heterocycles. The molecule has 2 heterocycles.